The topological polar surface area (TPSA) is 85.0 Å². The van der Waals surface area contributed by atoms with Gasteiger partial charge >= 0.3 is 0 Å². The zero-order chi connectivity index (χ0) is 25.4. The van der Waals surface area contributed by atoms with Crippen molar-refractivity contribution in [1.82, 2.24) is 20.3 Å². The summed E-state index contributed by atoms with van der Waals surface area (Å²) in [5.41, 5.74) is 4.26. The third-order valence-corrected chi connectivity index (χ3v) is 6.73. The number of nitrogens with zero attached hydrogens (tertiary/aromatic N) is 3. The Kier molecular flexibility index (Phi) is 6.68. The second-order valence-electron chi connectivity index (χ2n) is 7.80. The van der Waals surface area contributed by atoms with Crippen molar-refractivity contribution in [2.24, 2.45) is 0 Å². The van der Waals surface area contributed by atoms with Crippen molar-refractivity contribution in [3.63, 3.8) is 0 Å². The number of halogens is 3. The molecule has 0 saturated carbocycles. The van der Waals surface area contributed by atoms with Gasteiger partial charge < -0.3 is 9.73 Å². The van der Waals surface area contributed by atoms with Crippen LogP contribution in [0.1, 0.15) is 16.1 Å². The van der Waals surface area contributed by atoms with Gasteiger partial charge in [0, 0.05) is 16.3 Å². The number of carbonyl (C=O) groups excluding carboxylic acids is 1. The molecule has 0 aliphatic rings. The van der Waals surface area contributed by atoms with Gasteiger partial charge in [0.1, 0.15) is 16.8 Å². The molecule has 7 nitrogen and oxygen atoms in total. The summed E-state index contributed by atoms with van der Waals surface area (Å²) in [7, 11) is 0. The molecule has 0 bridgehead atoms. The van der Waals surface area contributed by atoms with Gasteiger partial charge in [-0.15, -0.1) is 10.2 Å². The Labute approximate surface area is 225 Å². The monoisotopic (exact) mass is 555 g/mol. The number of fused-ring (bicyclic) bond motifs is 1. The average Bonchev–Trinajstić information content (AvgIpc) is 3.50. The van der Waals surface area contributed by atoms with E-state index in [4.69, 9.17) is 51.4 Å². The van der Waals surface area contributed by atoms with Crippen molar-refractivity contribution in [1.29, 1.82) is 0 Å². The van der Waals surface area contributed by atoms with E-state index in [1.54, 1.807) is 48.5 Å². The number of aryl methyl sites for hydroxylation is 1. The van der Waals surface area contributed by atoms with Crippen LogP contribution in [0.15, 0.2) is 71.1 Å². The molecule has 1 amide bonds. The number of nitrogens with one attached hydrogen (secondary N) is 2. The molecule has 180 valence electrons. The summed E-state index contributed by atoms with van der Waals surface area (Å²) in [6.07, 6.45) is 0. The number of thiocarbonyl (C=S) groups is 1. The third kappa shape index (κ3) is 4.94. The van der Waals surface area contributed by atoms with E-state index in [9.17, 15) is 4.79 Å². The molecule has 2 heterocycles. The van der Waals surface area contributed by atoms with Gasteiger partial charge in [0.2, 0.25) is 0 Å². The normalized spacial score (nSPS) is 11.0. The lowest BCUT2D eigenvalue weighted by Gasteiger charge is -2.08. The number of hydrogen-bond donors (Lipinski definition) is 2. The highest BCUT2D eigenvalue weighted by atomic mass is 35.5. The van der Waals surface area contributed by atoms with E-state index in [0.29, 0.717) is 43.1 Å². The first-order valence-corrected chi connectivity index (χ1v) is 12.1. The molecule has 0 aliphatic heterocycles. The molecule has 5 rings (SSSR count). The fourth-order valence-electron chi connectivity index (χ4n) is 3.44. The lowest BCUT2D eigenvalue weighted by atomic mass is 10.2. The second-order valence-corrected chi connectivity index (χ2v) is 9.40. The smallest absolute Gasteiger partial charge is 0.293 e. The summed E-state index contributed by atoms with van der Waals surface area (Å²) in [5.74, 6) is -0.0320. The summed E-state index contributed by atoms with van der Waals surface area (Å²) in [6, 6.07) is 19.3. The maximum absolute atomic E-state index is 12.6. The molecule has 2 N–H and O–H groups in total. The molecule has 0 spiro atoms. The molecule has 0 fully saturated rings. The van der Waals surface area contributed by atoms with E-state index in [1.165, 1.54) is 10.9 Å². The first kappa shape index (κ1) is 24.3. The minimum atomic E-state index is -0.514. The van der Waals surface area contributed by atoms with Crippen LogP contribution in [0.3, 0.4) is 0 Å². The minimum absolute atomic E-state index is 0.0698. The Hall–Kier alpha value is -3.43. The molecule has 3 aromatic carbocycles. The minimum Gasteiger partial charge on any atom is -0.451 e. The van der Waals surface area contributed by atoms with Crippen molar-refractivity contribution >= 4 is 74.8 Å². The van der Waals surface area contributed by atoms with Crippen LogP contribution in [0, 0.1) is 6.92 Å². The maximum Gasteiger partial charge on any atom is 0.293 e. The molecular weight excluding hydrogens is 541 g/mol. The Morgan fingerprint density at radius 3 is 2.56 bits per heavy atom. The van der Waals surface area contributed by atoms with Crippen molar-refractivity contribution in [2.45, 2.75) is 6.92 Å². The molecule has 0 aliphatic carbocycles. The highest BCUT2D eigenvalue weighted by Crippen LogP contribution is 2.34. The third-order valence-electron chi connectivity index (χ3n) is 5.30. The number of benzene rings is 3. The van der Waals surface area contributed by atoms with Gasteiger partial charge in [0.25, 0.3) is 5.91 Å². The molecule has 2 aromatic heterocycles. The van der Waals surface area contributed by atoms with Gasteiger partial charge in [-0.25, -0.2) is 0 Å². The lowest BCUT2D eigenvalue weighted by molar-refractivity contribution is 0.0951. The molecule has 36 heavy (non-hydrogen) atoms. The van der Waals surface area contributed by atoms with Crippen LogP contribution in [0.4, 0.5) is 5.69 Å². The van der Waals surface area contributed by atoms with Crippen molar-refractivity contribution in [2.75, 3.05) is 5.32 Å². The van der Waals surface area contributed by atoms with Gasteiger partial charge in [0.15, 0.2) is 10.9 Å². The van der Waals surface area contributed by atoms with Gasteiger partial charge in [-0.2, -0.15) is 4.80 Å². The first-order valence-electron chi connectivity index (χ1n) is 10.6. The summed E-state index contributed by atoms with van der Waals surface area (Å²) in [4.78, 5) is 14.2. The van der Waals surface area contributed by atoms with Gasteiger partial charge in [0.05, 0.1) is 15.7 Å². The summed E-state index contributed by atoms with van der Waals surface area (Å²) >= 11 is 23.8. The van der Waals surface area contributed by atoms with Crippen LogP contribution in [0.25, 0.3) is 28.0 Å². The number of rotatable bonds is 4. The quantitative estimate of drug-likeness (QED) is 0.230. The number of carbonyl (C=O) groups is 1. The fourth-order valence-corrected chi connectivity index (χ4v) is 4.22. The van der Waals surface area contributed by atoms with Crippen LogP contribution < -0.4 is 10.6 Å². The van der Waals surface area contributed by atoms with Crippen LogP contribution in [0.5, 0.6) is 0 Å². The largest absolute Gasteiger partial charge is 0.451 e. The van der Waals surface area contributed by atoms with Gasteiger partial charge in [-0.1, -0.05) is 46.9 Å². The highest BCUT2D eigenvalue weighted by Gasteiger charge is 2.16. The van der Waals surface area contributed by atoms with E-state index < -0.39 is 5.91 Å². The molecular formula is C25H16Cl3N5O2S. The van der Waals surface area contributed by atoms with Gasteiger partial charge in [-0.3, -0.25) is 10.1 Å². The number of anilines is 1. The zero-order valence-corrected chi connectivity index (χ0v) is 21.6. The zero-order valence-electron chi connectivity index (χ0n) is 18.6. The van der Waals surface area contributed by atoms with Crippen LogP contribution in [-0.2, 0) is 0 Å². The van der Waals surface area contributed by atoms with Crippen molar-refractivity contribution < 1.29 is 9.21 Å². The van der Waals surface area contributed by atoms with Gasteiger partial charge in [-0.05, 0) is 79.3 Å². The molecule has 0 saturated heterocycles. The first-order chi connectivity index (χ1) is 17.3. The Morgan fingerprint density at radius 1 is 0.944 bits per heavy atom. The average molecular weight is 557 g/mol. The van der Waals surface area contributed by atoms with E-state index in [-0.39, 0.29) is 10.9 Å². The predicted octanol–water partition coefficient (Wildman–Crippen LogP) is 7.08. The van der Waals surface area contributed by atoms with Crippen LogP contribution in [0.2, 0.25) is 15.1 Å². The SMILES string of the molecule is Cc1ccc(-n2nc3ccc(NC(=S)NC(=O)c4ccc(-c5cccc(Cl)c5Cl)o4)cc3n2)cc1Cl. The maximum atomic E-state index is 12.6. The molecule has 0 radical (unpaired) electrons. The molecule has 0 unspecified atom stereocenters. The second kappa shape index (κ2) is 9.91. The number of amides is 1. The highest BCUT2D eigenvalue weighted by molar-refractivity contribution is 7.80. The molecule has 11 heteroatoms. The Bertz CT molecular complexity index is 1650. The Balaban J connectivity index is 1.28. The van der Waals surface area contributed by atoms with Crippen LogP contribution >= 0.6 is 47.0 Å². The summed E-state index contributed by atoms with van der Waals surface area (Å²) < 4.78 is 5.66. The summed E-state index contributed by atoms with van der Waals surface area (Å²) in [5, 5.41) is 16.0. The fraction of sp³-hybridized carbons (Fsp3) is 0.0400. The van der Waals surface area contributed by atoms with E-state index in [1.807, 2.05) is 19.1 Å². The molecule has 5 aromatic rings. The van der Waals surface area contributed by atoms with Crippen LogP contribution in [-0.4, -0.2) is 26.0 Å². The number of aromatic nitrogens is 3. The lowest BCUT2D eigenvalue weighted by Crippen LogP contribution is -2.33. The summed E-state index contributed by atoms with van der Waals surface area (Å²) in [6.45, 7) is 1.93. The Morgan fingerprint density at radius 2 is 1.75 bits per heavy atom. The van der Waals surface area contributed by atoms with E-state index in [0.717, 1.165) is 11.3 Å². The van der Waals surface area contributed by atoms with Crippen molar-refractivity contribution in [3.05, 3.63) is 93.1 Å². The number of furan rings is 1. The predicted molar refractivity (Wildman–Crippen MR) is 146 cm³/mol. The number of hydrogen-bond acceptors (Lipinski definition) is 5. The van der Waals surface area contributed by atoms with E-state index >= 15 is 0 Å². The standard InChI is InChI=1S/C25H16Cl3N5O2S/c1-13-5-7-15(12-18(13)27)33-31-19-8-6-14(11-20(19)32-33)29-25(36)30-24(34)22-10-9-21(35-22)16-3-2-4-17(26)23(16)28/h2-12H,1H3,(H2,29,30,34,36). The van der Waals surface area contributed by atoms with Crippen molar-refractivity contribution in [3.8, 4) is 17.0 Å². The molecule has 0 atom stereocenters. The van der Waals surface area contributed by atoms with E-state index in [2.05, 4.69) is 20.8 Å².